The normalized spacial score (nSPS) is 12.2. The highest BCUT2D eigenvalue weighted by Crippen LogP contribution is 2.26. The summed E-state index contributed by atoms with van der Waals surface area (Å²) in [6, 6.07) is 11.6. The molecular weight excluding hydrogens is 238 g/mol. The lowest BCUT2D eigenvalue weighted by molar-refractivity contribution is 0.176. The van der Waals surface area contributed by atoms with Crippen molar-refractivity contribution in [2.24, 2.45) is 0 Å². The summed E-state index contributed by atoms with van der Waals surface area (Å²) in [4.78, 5) is 4.39. The molecule has 0 radical (unpaired) electrons. The Morgan fingerprint density at radius 1 is 1.16 bits per heavy atom. The fourth-order valence-corrected chi connectivity index (χ4v) is 2.24. The van der Waals surface area contributed by atoms with Gasteiger partial charge >= 0.3 is 0 Å². The molecule has 3 nitrogen and oxygen atoms in total. The molecule has 1 aromatic heterocycles. The van der Waals surface area contributed by atoms with Crippen LogP contribution in [0.5, 0.6) is 5.75 Å². The second kappa shape index (κ2) is 5.85. The van der Waals surface area contributed by atoms with Gasteiger partial charge in [0.2, 0.25) is 0 Å². The van der Waals surface area contributed by atoms with Crippen LogP contribution in [-0.4, -0.2) is 17.2 Å². The molecule has 0 bridgehead atoms. The van der Waals surface area contributed by atoms with Gasteiger partial charge in [-0.15, -0.1) is 0 Å². The molecule has 1 aromatic carbocycles. The Balaban J connectivity index is 2.23. The first-order valence-corrected chi connectivity index (χ1v) is 6.36. The fraction of sp³-hybridized carbons (Fsp3) is 0.312. The highest BCUT2D eigenvalue weighted by molar-refractivity contribution is 5.35. The van der Waals surface area contributed by atoms with Gasteiger partial charge in [0.15, 0.2) is 0 Å². The minimum atomic E-state index is -0.565. The van der Waals surface area contributed by atoms with E-state index in [1.165, 1.54) is 0 Å². The molecule has 1 N–H and O–H groups in total. The summed E-state index contributed by atoms with van der Waals surface area (Å²) < 4.78 is 5.30. The Hall–Kier alpha value is -1.87. The van der Waals surface area contributed by atoms with Crippen LogP contribution in [0.1, 0.15) is 28.6 Å². The third-order valence-corrected chi connectivity index (χ3v) is 3.23. The van der Waals surface area contributed by atoms with E-state index in [0.717, 1.165) is 28.3 Å². The molecule has 100 valence electrons. The van der Waals surface area contributed by atoms with Crippen LogP contribution in [0, 0.1) is 13.8 Å². The number of para-hydroxylation sites is 1. The quantitative estimate of drug-likeness (QED) is 0.915. The van der Waals surface area contributed by atoms with Crippen LogP contribution in [0.3, 0.4) is 0 Å². The molecular formula is C16H19NO2. The molecule has 0 aliphatic rings. The molecule has 0 aliphatic carbocycles. The van der Waals surface area contributed by atoms with E-state index in [2.05, 4.69) is 4.98 Å². The minimum Gasteiger partial charge on any atom is -0.496 e. The van der Waals surface area contributed by atoms with Crippen molar-refractivity contribution in [3.8, 4) is 5.75 Å². The van der Waals surface area contributed by atoms with Crippen molar-refractivity contribution >= 4 is 0 Å². The second-order valence-electron chi connectivity index (χ2n) is 4.66. The molecule has 19 heavy (non-hydrogen) atoms. The zero-order valence-electron chi connectivity index (χ0n) is 11.6. The van der Waals surface area contributed by atoms with E-state index in [4.69, 9.17) is 4.74 Å². The molecule has 1 unspecified atom stereocenters. The predicted molar refractivity (Wildman–Crippen MR) is 75.4 cm³/mol. The standard InChI is InChI=1S/C16H19NO2/c1-11-8-9-14(12(2)17-11)15(18)10-13-6-4-5-7-16(13)19-3/h4-9,15,18H,10H2,1-3H3. The van der Waals surface area contributed by atoms with Gasteiger partial charge in [0.25, 0.3) is 0 Å². The topological polar surface area (TPSA) is 42.4 Å². The van der Waals surface area contributed by atoms with Gasteiger partial charge in [-0.05, 0) is 31.5 Å². The van der Waals surface area contributed by atoms with Gasteiger partial charge in [0, 0.05) is 23.4 Å². The molecule has 0 saturated heterocycles. The number of aryl methyl sites for hydroxylation is 2. The first-order valence-electron chi connectivity index (χ1n) is 6.36. The van der Waals surface area contributed by atoms with Gasteiger partial charge in [0.1, 0.15) is 5.75 Å². The van der Waals surface area contributed by atoms with Crippen molar-refractivity contribution in [2.75, 3.05) is 7.11 Å². The monoisotopic (exact) mass is 257 g/mol. The van der Waals surface area contributed by atoms with Crippen LogP contribution in [-0.2, 0) is 6.42 Å². The van der Waals surface area contributed by atoms with E-state index in [0.29, 0.717) is 6.42 Å². The maximum absolute atomic E-state index is 10.4. The van der Waals surface area contributed by atoms with Gasteiger partial charge in [-0.25, -0.2) is 0 Å². The number of nitrogens with zero attached hydrogens (tertiary/aromatic N) is 1. The van der Waals surface area contributed by atoms with Crippen LogP contribution in [0.15, 0.2) is 36.4 Å². The lowest BCUT2D eigenvalue weighted by Crippen LogP contribution is -2.06. The molecule has 1 heterocycles. The molecule has 1 atom stereocenters. The predicted octanol–water partition coefficient (Wildman–Crippen LogP) is 2.98. The Morgan fingerprint density at radius 2 is 1.89 bits per heavy atom. The molecule has 3 heteroatoms. The summed E-state index contributed by atoms with van der Waals surface area (Å²) in [5, 5.41) is 10.4. The summed E-state index contributed by atoms with van der Waals surface area (Å²) in [6.45, 7) is 3.87. The zero-order chi connectivity index (χ0) is 13.8. The summed E-state index contributed by atoms with van der Waals surface area (Å²) in [5.74, 6) is 0.805. The number of hydrogen-bond donors (Lipinski definition) is 1. The minimum absolute atomic E-state index is 0.523. The van der Waals surface area contributed by atoms with Crippen molar-refractivity contribution in [3.63, 3.8) is 0 Å². The number of pyridine rings is 1. The Labute approximate surface area is 113 Å². The summed E-state index contributed by atoms with van der Waals surface area (Å²) in [7, 11) is 1.64. The lowest BCUT2D eigenvalue weighted by atomic mass is 9.99. The Kier molecular flexibility index (Phi) is 4.17. The Bertz CT molecular complexity index is 566. The molecule has 0 spiro atoms. The molecule has 0 fully saturated rings. The number of aliphatic hydroxyl groups excluding tert-OH is 1. The zero-order valence-corrected chi connectivity index (χ0v) is 11.6. The highest BCUT2D eigenvalue weighted by atomic mass is 16.5. The number of aliphatic hydroxyl groups is 1. The first-order chi connectivity index (χ1) is 9.11. The SMILES string of the molecule is COc1ccccc1CC(O)c1ccc(C)nc1C. The number of methoxy groups -OCH3 is 1. The maximum Gasteiger partial charge on any atom is 0.122 e. The van der Waals surface area contributed by atoms with Crippen molar-refractivity contribution in [1.29, 1.82) is 0 Å². The van der Waals surface area contributed by atoms with E-state index in [-0.39, 0.29) is 0 Å². The molecule has 0 amide bonds. The number of hydrogen-bond acceptors (Lipinski definition) is 3. The smallest absolute Gasteiger partial charge is 0.122 e. The van der Waals surface area contributed by atoms with Crippen LogP contribution < -0.4 is 4.74 Å². The van der Waals surface area contributed by atoms with E-state index < -0.39 is 6.10 Å². The van der Waals surface area contributed by atoms with Crippen LogP contribution in [0.4, 0.5) is 0 Å². The third-order valence-electron chi connectivity index (χ3n) is 3.23. The average molecular weight is 257 g/mol. The number of ether oxygens (including phenoxy) is 1. The van der Waals surface area contributed by atoms with Crippen LogP contribution >= 0.6 is 0 Å². The average Bonchev–Trinajstić information content (AvgIpc) is 2.39. The molecule has 0 saturated carbocycles. The van der Waals surface area contributed by atoms with Gasteiger partial charge < -0.3 is 9.84 Å². The van der Waals surface area contributed by atoms with Gasteiger partial charge in [-0.3, -0.25) is 4.98 Å². The van der Waals surface area contributed by atoms with Crippen molar-refractivity contribution < 1.29 is 9.84 Å². The lowest BCUT2D eigenvalue weighted by Gasteiger charge is -2.15. The summed E-state index contributed by atoms with van der Waals surface area (Å²) in [5.41, 5.74) is 3.71. The molecule has 0 aliphatic heterocycles. The number of aromatic nitrogens is 1. The molecule has 2 rings (SSSR count). The van der Waals surface area contributed by atoms with Crippen molar-refractivity contribution in [1.82, 2.24) is 4.98 Å². The Morgan fingerprint density at radius 3 is 2.58 bits per heavy atom. The summed E-state index contributed by atoms with van der Waals surface area (Å²) >= 11 is 0. The van der Waals surface area contributed by atoms with Crippen molar-refractivity contribution in [2.45, 2.75) is 26.4 Å². The largest absolute Gasteiger partial charge is 0.496 e. The second-order valence-corrected chi connectivity index (χ2v) is 4.66. The van der Waals surface area contributed by atoms with Crippen molar-refractivity contribution in [3.05, 3.63) is 58.9 Å². The molecule has 2 aromatic rings. The van der Waals surface area contributed by atoms with Gasteiger partial charge in [0.05, 0.1) is 13.2 Å². The number of rotatable bonds is 4. The van der Waals surface area contributed by atoms with Gasteiger partial charge in [-0.1, -0.05) is 24.3 Å². The van der Waals surface area contributed by atoms with E-state index in [9.17, 15) is 5.11 Å². The fourth-order valence-electron chi connectivity index (χ4n) is 2.24. The maximum atomic E-state index is 10.4. The van der Waals surface area contributed by atoms with E-state index in [1.807, 2.05) is 50.2 Å². The third kappa shape index (κ3) is 3.12. The van der Waals surface area contributed by atoms with E-state index in [1.54, 1.807) is 7.11 Å². The highest BCUT2D eigenvalue weighted by Gasteiger charge is 2.14. The van der Waals surface area contributed by atoms with Gasteiger partial charge in [-0.2, -0.15) is 0 Å². The summed E-state index contributed by atoms with van der Waals surface area (Å²) in [6.07, 6.45) is -0.0420. The first kappa shape index (κ1) is 13.6. The van der Waals surface area contributed by atoms with Crippen LogP contribution in [0.25, 0.3) is 0 Å². The van der Waals surface area contributed by atoms with E-state index >= 15 is 0 Å². The number of benzene rings is 1. The van der Waals surface area contributed by atoms with Crippen LogP contribution in [0.2, 0.25) is 0 Å².